The third-order valence-corrected chi connectivity index (χ3v) is 4.76. The number of aryl methyl sites for hydroxylation is 1. The molecule has 152 valence electrons. The maximum absolute atomic E-state index is 12.9. The number of hydrogen-bond donors (Lipinski definition) is 1. The summed E-state index contributed by atoms with van der Waals surface area (Å²) in [6.07, 6.45) is 1.56. The van der Waals surface area contributed by atoms with Crippen LogP contribution in [0, 0.1) is 0 Å². The van der Waals surface area contributed by atoms with Crippen molar-refractivity contribution >= 4 is 5.91 Å². The van der Waals surface area contributed by atoms with Crippen molar-refractivity contribution in [2.24, 2.45) is 0 Å². The number of hydrogen-bond acceptors (Lipinski definition) is 5. The fourth-order valence-corrected chi connectivity index (χ4v) is 3.19. The minimum Gasteiger partial charge on any atom is -0.493 e. The third-order valence-electron chi connectivity index (χ3n) is 4.76. The highest BCUT2D eigenvalue weighted by Gasteiger charge is 2.20. The predicted octanol–water partition coefficient (Wildman–Crippen LogP) is 4.16. The molecule has 6 heteroatoms. The van der Waals surface area contributed by atoms with Gasteiger partial charge >= 0.3 is 0 Å². The summed E-state index contributed by atoms with van der Waals surface area (Å²) in [6.45, 7) is 4.11. The normalized spacial score (nSPS) is 11.5. The lowest BCUT2D eigenvalue weighted by Crippen LogP contribution is -2.29. The summed E-state index contributed by atoms with van der Waals surface area (Å²) in [4.78, 5) is 12.9. The molecule has 0 aliphatic rings. The van der Waals surface area contributed by atoms with E-state index in [1.807, 2.05) is 19.1 Å². The molecule has 0 saturated carbocycles. The summed E-state index contributed by atoms with van der Waals surface area (Å²) < 4.78 is 21.4. The number of methoxy groups -OCH3 is 4. The first-order valence-electron chi connectivity index (χ1n) is 9.30. The van der Waals surface area contributed by atoms with Gasteiger partial charge in [0.15, 0.2) is 23.0 Å². The molecule has 0 fully saturated rings. The van der Waals surface area contributed by atoms with Gasteiger partial charge in [-0.15, -0.1) is 0 Å². The maximum atomic E-state index is 12.9. The molecule has 1 N–H and O–H groups in total. The van der Waals surface area contributed by atoms with E-state index in [9.17, 15) is 4.79 Å². The fourth-order valence-electron chi connectivity index (χ4n) is 3.19. The lowest BCUT2D eigenvalue weighted by Gasteiger charge is -2.22. The van der Waals surface area contributed by atoms with Crippen molar-refractivity contribution < 1.29 is 23.7 Å². The van der Waals surface area contributed by atoms with E-state index in [2.05, 4.69) is 12.2 Å². The summed E-state index contributed by atoms with van der Waals surface area (Å²) in [5.74, 6) is 2.25. The van der Waals surface area contributed by atoms with Gasteiger partial charge in [0.2, 0.25) is 0 Å². The number of carbonyl (C=O) groups excluding carboxylic acids is 1. The van der Waals surface area contributed by atoms with E-state index in [0.717, 1.165) is 24.0 Å². The molecule has 1 atom stereocenters. The van der Waals surface area contributed by atoms with Crippen molar-refractivity contribution in [3.63, 3.8) is 0 Å². The average Bonchev–Trinajstić information content (AvgIpc) is 2.75. The zero-order chi connectivity index (χ0) is 20.7. The van der Waals surface area contributed by atoms with Gasteiger partial charge in [-0.1, -0.05) is 13.8 Å². The number of ether oxygens (including phenoxy) is 4. The Hall–Kier alpha value is -2.89. The Kier molecular flexibility index (Phi) is 7.55. The quantitative estimate of drug-likeness (QED) is 0.700. The summed E-state index contributed by atoms with van der Waals surface area (Å²) >= 11 is 0. The molecule has 28 heavy (non-hydrogen) atoms. The molecule has 0 unspecified atom stereocenters. The van der Waals surface area contributed by atoms with Crippen molar-refractivity contribution in [1.29, 1.82) is 0 Å². The number of rotatable bonds is 9. The Bertz CT molecular complexity index is 819. The first-order chi connectivity index (χ1) is 13.5. The van der Waals surface area contributed by atoms with E-state index < -0.39 is 0 Å². The molecule has 0 aliphatic heterocycles. The Labute approximate surface area is 166 Å². The van der Waals surface area contributed by atoms with E-state index >= 15 is 0 Å². The maximum Gasteiger partial charge on any atom is 0.251 e. The van der Waals surface area contributed by atoms with Crippen LogP contribution in [0.1, 0.15) is 47.8 Å². The monoisotopic (exact) mass is 387 g/mol. The molecule has 0 heterocycles. The smallest absolute Gasteiger partial charge is 0.251 e. The average molecular weight is 387 g/mol. The molecule has 2 rings (SSSR count). The molecule has 2 aromatic carbocycles. The SMILES string of the molecule is CCc1cc(OC)c(OC)cc1[C@@H](CC)NC(=O)c1ccc(OC)c(OC)c1. The van der Waals surface area contributed by atoms with Crippen LogP contribution < -0.4 is 24.3 Å². The number of nitrogens with one attached hydrogen (secondary N) is 1. The zero-order valence-electron chi connectivity index (χ0n) is 17.4. The number of carbonyl (C=O) groups is 1. The molecule has 1 amide bonds. The van der Waals surface area contributed by atoms with Crippen LogP contribution in [0.4, 0.5) is 0 Å². The Morgan fingerprint density at radius 2 is 1.43 bits per heavy atom. The van der Waals surface area contributed by atoms with Gasteiger partial charge in [-0.2, -0.15) is 0 Å². The molecule has 2 aromatic rings. The van der Waals surface area contributed by atoms with E-state index in [1.54, 1.807) is 46.6 Å². The highest BCUT2D eigenvalue weighted by molar-refractivity contribution is 5.95. The first kappa shape index (κ1) is 21.4. The third kappa shape index (κ3) is 4.50. The van der Waals surface area contributed by atoms with Gasteiger partial charge in [0.1, 0.15) is 0 Å². The fraction of sp³-hybridized carbons (Fsp3) is 0.409. The summed E-state index contributed by atoms with van der Waals surface area (Å²) in [7, 11) is 6.34. The van der Waals surface area contributed by atoms with E-state index in [1.165, 1.54) is 0 Å². The van der Waals surface area contributed by atoms with Gasteiger partial charge in [-0.05, 0) is 54.3 Å². The van der Waals surface area contributed by atoms with Crippen molar-refractivity contribution in [3.05, 3.63) is 47.0 Å². The van der Waals surface area contributed by atoms with Gasteiger partial charge in [0.05, 0.1) is 34.5 Å². The second-order valence-corrected chi connectivity index (χ2v) is 6.26. The lowest BCUT2D eigenvalue weighted by atomic mass is 9.95. The highest BCUT2D eigenvalue weighted by Crippen LogP contribution is 2.35. The zero-order valence-corrected chi connectivity index (χ0v) is 17.4. The van der Waals surface area contributed by atoms with E-state index in [-0.39, 0.29) is 11.9 Å². The van der Waals surface area contributed by atoms with Crippen LogP contribution >= 0.6 is 0 Å². The molecule has 6 nitrogen and oxygen atoms in total. The first-order valence-corrected chi connectivity index (χ1v) is 9.30. The molecule has 0 aliphatic carbocycles. The molecular formula is C22H29NO5. The van der Waals surface area contributed by atoms with Crippen LogP contribution in [-0.2, 0) is 6.42 Å². The summed E-state index contributed by atoms with van der Waals surface area (Å²) in [6, 6.07) is 8.88. The van der Waals surface area contributed by atoms with Crippen molar-refractivity contribution in [3.8, 4) is 23.0 Å². The van der Waals surface area contributed by atoms with Crippen molar-refractivity contribution in [2.45, 2.75) is 32.7 Å². The van der Waals surface area contributed by atoms with Crippen molar-refractivity contribution in [1.82, 2.24) is 5.32 Å². The molecular weight excluding hydrogens is 358 g/mol. The summed E-state index contributed by atoms with van der Waals surface area (Å²) in [5.41, 5.74) is 2.64. The van der Waals surface area contributed by atoms with Crippen LogP contribution in [0.5, 0.6) is 23.0 Å². The van der Waals surface area contributed by atoms with Crippen molar-refractivity contribution in [2.75, 3.05) is 28.4 Å². The van der Waals surface area contributed by atoms with E-state index in [0.29, 0.717) is 28.6 Å². The molecule has 0 aromatic heterocycles. The molecule has 0 bridgehead atoms. The van der Waals surface area contributed by atoms with Gasteiger partial charge in [-0.25, -0.2) is 0 Å². The van der Waals surface area contributed by atoms with E-state index in [4.69, 9.17) is 18.9 Å². The topological polar surface area (TPSA) is 66.0 Å². The summed E-state index contributed by atoms with van der Waals surface area (Å²) in [5, 5.41) is 3.12. The molecule has 0 spiro atoms. The number of amides is 1. The van der Waals surface area contributed by atoms with Crippen LogP contribution in [0.2, 0.25) is 0 Å². The second-order valence-electron chi connectivity index (χ2n) is 6.26. The van der Waals surface area contributed by atoms with Gasteiger partial charge in [0.25, 0.3) is 5.91 Å². The molecule has 0 saturated heterocycles. The Balaban J connectivity index is 2.35. The Morgan fingerprint density at radius 3 is 1.96 bits per heavy atom. The molecule has 0 radical (unpaired) electrons. The predicted molar refractivity (Wildman–Crippen MR) is 109 cm³/mol. The minimum atomic E-state index is -0.176. The lowest BCUT2D eigenvalue weighted by molar-refractivity contribution is 0.0935. The largest absolute Gasteiger partial charge is 0.493 e. The van der Waals surface area contributed by atoms with Crippen LogP contribution in [-0.4, -0.2) is 34.3 Å². The minimum absolute atomic E-state index is 0.157. The van der Waals surface area contributed by atoms with Gasteiger partial charge in [-0.3, -0.25) is 4.79 Å². The standard InChI is InChI=1S/C22H29NO5/c1-7-14-11-20(27-5)21(28-6)13-16(14)17(8-2)23-22(24)15-9-10-18(25-3)19(12-15)26-4/h9-13,17H,7-8H2,1-6H3,(H,23,24)/t17-/m1/s1. The van der Waals surface area contributed by atoms with Crippen LogP contribution in [0.15, 0.2) is 30.3 Å². The van der Waals surface area contributed by atoms with Gasteiger partial charge in [0, 0.05) is 5.56 Å². The van der Waals surface area contributed by atoms with Crippen LogP contribution in [0.3, 0.4) is 0 Å². The number of benzene rings is 2. The van der Waals surface area contributed by atoms with Crippen LogP contribution in [0.25, 0.3) is 0 Å². The van der Waals surface area contributed by atoms with Gasteiger partial charge < -0.3 is 24.3 Å². The highest BCUT2D eigenvalue weighted by atomic mass is 16.5. The second kappa shape index (κ2) is 9.88. The Morgan fingerprint density at radius 1 is 0.857 bits per heavy atom.